The highest BCUT2D eigenvalue weighted by molar-refractivity contribution is 14.0. The van der Waals surface area contributed by atoms with Crippen LogP contribution in [0.15, 0.2) is 53.9 Å². The summed E-state index contributed by atoms with van der Waals surface area (Å²) >= 11 is 1.74. The summed E-state index contributed by atoms with van der Waals surface area (Å²) in [5.74, 6) is 0.771. The zero-order valence-corrected chi connectivity index (χ0v) is 18.7. The lowest BCUT2D eigenvalue weighted by Gasteiger charge is -2.14. The van der Waals surface area contributed by atoms with Crippen LogP contribution in [-0.2, 0) is 26.1 Å². The number of halogens is 1. The van der Waals surface area contributed by atoms with Gasteiger partial charge in [0.05, 0.1) is 13.1 Å². The highest BCUT2D eigenvalue weighted by Crippen LogP contribution is 2.13. The maximum absolute atomic E-state index is 4.43. The largest absolute Gasteiger partial charge is 0.352 e. The van der Waals surface area contributed by atoms with Gasteiger partial charge in [-0.3, -0.25) is 9.67 Å². The number of benzene rings is 1. The van der Waals surface area contributed by atoms with Gasteiger partial charge in [0.1, 0.15) is 5.01 Å². The van der Waals surface area contributed by atoms with Crippen molar-refractivity contribution in [2.75, 3.05) is 7.05 Å². The van der Waals surface area contributed by atoms with Crippen LogP contribution in [-0.4, -0.2) is 27.8 Å². The van der Waals surface area contributed by atoms with E-state index < -0.39 is 0 Å². The first-order chi connectivity index (χ1) is 12.8. The van der Waals surface area contributed by atoms with E-state index in [0.717, 1.165) is 23.9 Å². The third-order valence-corrected chi connectivity index (χ3v) is 5.18. The van der Waals surface area contributed by atoms with Crippen molar-refractivity contribution in [1.29, 1.82) is 0 Å². The zero-order valence-electron chi connectivity index (χ0n) is 15.6. The van der Waals surface area contributed by atoms with Crippen LogP contribution in [0.25, 0.3) is 0 Å². The van der Waals surface area contributed by atoms with E-state index in [-0.39, 0.29) is 24.0 Å². The summed E-state index contributed by atoms with van der Waals surface area (Å²) in [6.07, 6.45) is 6.75. The maximum atomic E-state index is 4.43. The smallest absolute Gasteiger partial charge is 0.191 e. The number of nitrogens with zero attached hydrogens (tertiary/aromatic N) is 4. The second-order valence-corrected chi connectivity index (χ2v) is 7.03. The Morgan fingerprint density at radius 2 is 1.93 bits per heavy atom. The third-order valence-electron chi connectivity index (χ3n) is 4.04. The van der Waals surface area contributed by atoms with Gasteiger partial charge in [0, 0.05) is 37.1 Å². The van der Waals surface area contributed by atoms with Gasteiger partial charge in [-0.15, -0.1) is 35.3 Å². The second kappa shape index (κ2) is 11.0. The van der Waals surface area contributed by atoms with Crippen molar-refractivity contribution in [2.24, 2.45) is 4.99 Å². The topological polar surface area (TPSA) is 67.1 Å². The second-order valence-electron chi connectivity index (χ2n) is 5.83. The standard InChI is InChI=1S/C19H24N6S.HI/c1-3-17-12-21-18(26-17)13-23-19(20-2)22-11-15-7-4-5-8-16(15)14-25-10-6-9-24-25;/h4-10,12H,3,11,13-14H2,1-2H3,(H2,20,22,23);1H. The molecule has 0 aliphatic carbocycles. The lowest BCUT2D eigenvalue weighted by Crippen LogP contribution is -2.36. The summed E-state index contributed by atoms with van der Waals surface area (Å²) in [5.41, 5.74) is 2.47. The van der Waals surface area contributed by atoms with Gasteiger partial charge in [0.25, 0.3) is 0 Å². The molecule has 8 heteroatoms. The first kappa shape index (κ1) is 21.4. The minimum Gasteiger partial charge on any atom is -0.352 e. The zero-order chi connectivity index (χ0) is 18.2. The Bertz CT molecular complexity index is 844. The summed E-state index contributed by atoms with van der Waals surface area (Å²) in [6, 6.07) is 10.3. The fourth-order valence-electron chi connectivity index (χ4n) is 2.60. The molecule has 0 spiro atoms. The van der Waals surface area contributed by atoms with E-state index in [4.69, 9.17) is 0 Å². The van der Waals surface area contributed by atoms with Crippen LogP contribution in [0.4, 0.5) is 0 Å². The molecule has 0 aliphatic rings. The SMILES string of the molecule is CCc1cnc(CNC(=NC)NCc2ccccc2Cn2cccn2)s1.I. The van der Waals surface area contributed by atoms with Gasteiger partial charge in [-0.25, -0.2) is 4.98 Å². The van der Waals surface area contributed by atoms with Crippen molar-refractivity contribution in [3.8, 4) is 0 Å². The van der Waals surface area contributed by atoms with Crippen molar-refractivity contribution >= 4 is 41.3 Å². The Labute approximate surface area is 181 Å². The van der Waals surface area contributed by atoms with E-state index in [9.17, 15) is 0 Å². The first-order valence-electron chi connectivity index (χ1n) is 8.70. The van der Waals surface area contributed by atoms with Gasteiger partial charge >= 0.3 is 0 Å². The molecule has 3 rings (SSSR count). The van der Waals surface area contributed by atoms with Gasteiger partial charge in [0.15, 0.2) is 5.96 Å². The van der Waals surface area contributed by atoms with Crippen LogP contribution in [0.1, 0.15) is 27.9 Å². The molecule has 0 amide bonds. The Morgan fingerprint density at radius 1 is 1.15 bits per heavy atom. The van der Waals surface area contributed by atoms with Gasteiger partial charge in [0.2, 0.25) is 0 Å². The van der Waals surface area contributed by atoms with Gasteiger partial charge in [-0.2, -0.15) is 5.10 Å². The summed E-state index contributed by atoms with van der Waals surface area (Å²) < 4.78 is 1.93. The molecule has 0 aliphatic heterocycles. The minimum absolute atomic E-state index is 0. The van der Waals surface area contributed by atoms with E-state index in [1.54, 1.807) is 24.6 Å². The Hall–Kier alpha value is -1.94. The van der Waals surface area contributed by atoms with E-state index in [1.165, 1.54) is 16.0 Å². The summed E-state index contributed by atoms with van der Waals surface area (Å²) in [5, 5.41) is 12.1. The molecule has 0 saturated heterocycles. The number of rotatable bonds is 7. The molecule has 27 heavy (non-hydrogen) atoms. The van der Waals surface area contributed by atoms with E-state index in [1.807, 2.05) is 23.1 Å². The number of aromatic nitrogens is 3. The molecule has 1 aromatic carbocycles. The predicted octanol–water partition coefficient (Wildman–Crippen LogP) is 3.43. The van der Waals surface area contributed by atoms with Crippen LogP contribution in [0.3, 0.4) is 0 Å². The molecule has 0 fully saturated rings. The number of thiazole rings is 1. The molecular weight excluding hydrogens is 471 g/mol. The van der Waals surface area contributed by atoms with Gasteiger partial charge < -0.3 is 10.6 Å². The van der Waals surface area contributed by atoms with Crippen molar-refractivity contribution in [3.05, 3.63) is 69.9 Å². The number of hydrogen-bond acceptors (Lipinski definition) is 4. The maximum Gasteiger partial charge on any atom is 0.191 e. The first-order valence-corrected chi connectivity index (χ1v) is 9.52. The molecule has 2 aromatic heterocycles. The number of guanidine groups is 1. The van der Waals surface area contributed by atoms with Crippen molar-refractivity contribution < 1.29 is 0 Å². The molecule has 2 heterocycles. The Morgan fingerprint density at radius 3 is 2.59 bits per heavy atom. The van der Waals surface area contributed by atoms with Gasteiger partial charge in [-0.05, 0) is 23.6 Å². The van der Waals surface area contributed by atoms with Crippen molar-refractivity contribution in [2.45, 2.75) is 33.0 Å². The van der Waals surface area contributed by atoms with E-state index in [0.29, 0.717) is 13.1 Å². The predicted molar refractivity (Wildman–Crippen MR) is 122 cm³/mol. The number of aliphatic imine (C=N–C) groups is 1. The van der Waals surface area contributed by atoms with Crippen LogP contribution in [0.5, 0.6) is 0 Å². The Balaban J connectivity index is 0.00000261. The Kier molecular flexibility index (Phi) is 8.73. The van der Waals surface area contributed by atoms with Crippen LogP contribution < -0.4 is 10.6 Å². The molecule has 0 atom stereocenters. The minimum atomic E-state index is 0. The van der Waals surface area contributed by atoms with Crippen LogP contribution in [0, 0.1) is 0 Å². The molecule has 2 N–H and O–H groups in total. The molecule has 0 unspecified atom stereocenters. The summed E-state index contributed by atoms with van der Waals surface area (Å²) in [6.45, 7) is 4.29. The molecular formula is C19H25IN6S. The summed E-state index contributed by atoms with van der Waals surface area (Å²) in [4.78, 5) is 10.0. The van der Waals surface area contributed by atoms with Crippen molar-refractivity contribution in [1.82, 2.24) is 25.4 Å². The average molecular weight is 496 g/mol. The molecule has 3 aromatic rings. The lowest BCUT2D eigenvalue weighted by atomic mass is 10.1. The fourth-order valence-corrected chi connectivity index (χ4v) is 3.41. The highest BCUT2D eigenvalue weighted by Gasteiger charge is 2.06. The molecule has 0 radical (unpaired) electrons. The monoisotopic (exact) mass is 496 g/mol. The van der Waals surface area contributed by atoms with E-state index in [2.05, 4.69) is 56.9 Å². The van der Waals surface area contributed by atoms with Crippen molar-refractivity contribution in [3.63, 3.8) is 0 Å². The highest BCUT2D eigenvalue weighted by atomic mass is 127. The molecule has 0 bridgehead atoms. The molecule has 144 valence electrons. The van der Waals surface area contributed by atoms with Gasteiger partial charge in [-0.1, -0.05) is 31.2 Å². The fraction of sp³-hybridized carbons (Fsp3) is 0.316. The van der Waals surface area contributed by atoms with E-state index >= 15 is 0 Å². The van der Waals surface area contributed by atoms with Crippen LogP contribution >= 0.6 is 35.3 Å². The number of aryl methyl sites for hydroxylation is 1. The van der Waals surface area contributed by atoms with Crippen LogP contribution in [0.2, 0.25) is 0 Å². The molecule has 0 saturated carbocycles. The molecule has 6 nitrogen and oxygen atoms in total. The lowest BCUT2D eigenvalue weighted by molar-refractivity contribution is 0.677. The summed E-state index contributed by atoms with van der Waals surface area (Å²) in [7, 11) is 1.78. The quantitative estimate of drug-likeness (QED) is 0.299. The average Bonchev–Trinajstić information content (AvgIpc) is 3.34. The number of hydrogen-bond donors (Lipinski definition) is 2. The normalized spacial score (nSPS) is 11.1. The third kappa shape index (κ3) is 6.31. The number of nitrogens with one attached hydrogen (secondary N) is 2.